The van der Waals surface area contributed by atoms with Gasteiger partial charge in [-0.2, -0.15) is 0 Å². The van der Waals surface area contributed by atoms with Gasteiger partial charge in [0.05, 0.1) is 11.7 Å². The Hall–Kier alpha value is -2.40. The number of phenolic OH excluding ortho intramolecular Hbond substituents is 2. The molecule has 2 unspecified atom stereocenters. The summed E-state index contributed by atoms with van der Waals surface area (Å²) < 4.78 is 0. The lowest BCUT2D eigenvalue weighted by molar-refractivity contribution is -0.117. The topological polar surface area (TPSA) is 72.8 Å². The summed E-state index contributed by atoms with van der Waals surface area (Å²) >= 11 is 5.92. The molecule has 3 rings (SSSR count). The molecule has 0 radical (unpaired) electrons. The predicted molar refractivity (Wildman–Crippen MR) is 94.8 cm³/mol. The number of anilines is 2. The number of aromatic hydroxyl groups is 2. The van der Waals surface area contributed by atoms with E-state index in [0.717, 1.165) is 11.3 Å². The average Bonchev–Trinajstić information content (AvgIpc) is 2.51. The Kier molecular flexibility index (Phi) is 4.28. The lowest BCUT2D eigenvalue weighted by atomic mass is 9.91. The Bertz CT molecular complexity index is 777. The molecule has 6 heteroatoms. The fraction of sp³-hybridized carbons (Fsp3) is 0.278. The van der Waals surface area contributed by atoms with Crippen LogP contribution in [0.2, 0.25) is 5.02 Å². The van der Waals surface area contributed by atoms with Crippen LogP contribution in [-0.4, -0.2) is 22.2 Å². The number of fused-ring (bicyclic) bond motifs is 1. The van der Waals surface area contributed by atoms with Crippen molar-refractivity contribution in [3.05, 3.63) is 47.0 Å². The molecule has 1 aliphatic heterocycles. The number of amides is 1. The Morgan fingerprint density at radius 2 is 1.83 bits per heavy atom. The van der Waals surface area contributed by atoms with Crippen molar-refractivity contribution < 1.29 is 15.0 Å². The predicted octanol–water partition coefficient (Wildman–Crippen LogP) is 4.05. The monoisotopic (exact) mass is 346 g/mol. The first-order valence-corrected chi connectivity index (χ1v) is 8.12. The number of carbonyl (C=O) groups is 1. The van der Waals surface area contributed by atoms with E-state index in [2.05, 4.69) is 5.32 Å². The molecular formula is C18H19ClN2O3. The van der Waals surface area contributed by atoms with E-state index in [1.54, 1.807) is 17.0 Å². The van der Waals surface area contributed by atoms with E-state index in [0.29, 0.717) is 17.1 Å². The van der Waals surface area contributed by atoms with Crippen molar-refractivity contribution in [2.45, 2.75) is 32.4 Å². The Balaban J connectivity index is 2.02. The van der Waals surface area contributed by atoms with Crippen LogP contribution >= 0.6 is 11.6 Å². The quantitative estimate of drug-likeness (QED) is 0.717. The molecule has 24 heavy (non-hydrogen) atoms. The standard InChI is InChI=1S/C18H19ClN2O3/c1-10-7-15(20-13-5-3-12(19)4-6-13)14-8-17(23)18(24)9-16(14)21(10)11(2)22/h3-6,8-10,15,20,23-24H,7H2,1-2H3. The van der Waals surface area contributed by atoms with Gasteiger partial charge in [0.1, 0.15) is 0 Å². The third-order valence-electron chi connectivity index (χ3n) is 4.30. The van der Waals surface area contributed by atoms with E-state index in [-0.39, 0.29) is 29.5 Å². The van der Waals surface area contributed by atoms with Crippen LogP contribution in [0.25, 0.3) is 0 Å². The van der Waals surface area contributed by atoms with Crippen LogP contribution < -0.4 is 10.2 Å². The zero-order chi connectivity index (χ0) is 17.4. The Morgan fingerprint density at radius 3 is 2.46 bits per heavy atom. The number of benzene rings is 2. The number of phenols is 2. The highest BCUT2D eigenvalue weighted by Crippen LogP contribution is 2.44. The average molecular weight is 347 g/mol. The van der Waals surface area contributed by atoms with Gasteiger partial charge in [0, 0.05) is 35.3 Å². The lowest BCUT2D eigenvalue weighted by Gasteiger charge is -2.39. The van der Waals surface area contributed by atoms with E-state index in [9.17, 15) is 15.0 Å². The number of hydrogen-bond donors (Lipinski definition) is 3. The smallest absolute Gasteiger partial charge is 0.224 e. The van der Waals surface area contributed by atoms with Crippen molar-refractivity contribution in [1.29, 1.82) is 0 Å². The SMILES string of the molecule is CC(=O)N1c2cc(O)c(O)cc2C(Nc2ccc(Cl)cc2)CC1C. The van der Waals surface area contributed by atoms with Crippen molar-refractivity contribution in [3.8, 4) is 11.5 Å². The number of rotatable bonds is 2. The zero-order valence-corrected chi connectivity index (χ0v) is 14.2. The van der Waals surface area contributed by atoms with Crippen molar-refractivity contribution in [3.63, 3.8) is 0 Å². The third-order valence-corrected chi connectivity index (χ3v) is 4.55. The highest BCUT2D eigenvalue weighted by atomic mass is 35.5. The number of nitrogens with one attached hydrogen (secondary N) is 1. The molecule has 0 saturated carbocycles. The second-order valence-corrected chi connectivity index (χ2v) is 6.51. The maximum Gasteiger partial charge on any atom is 0.224 e. The number of carbonyl (C=O) groups excluding carboxylic acids is 1. The molecule has 2 aromatic carbocycles. The molecule has 0 spiro atoms. The first kappa shape index (κ1) is 16.5. The number of hydrogen-bond acceptors (Lipinski definition) is 4. The molecule has 2 aromatic rings. The summed E-state index contributed by atoms with van der Waals surface area (Å²) in [7, 11) is 0. The van der Waals surface area contributed by atoms with Gasteiger partial charge < -0.3 is 20.4 Å². The molecule has 126 valence electrons. The van der Waals surface area contributed by atoms with E-state index in [1.807, 2.05) is 19.1 Å². The first-order valence-electron chi connectivity index (χ1n) is 7.74. The summed E-state index contributed by atoms with van der Waals surface area (Å²) in [6, 6.07) is 10.2. The van der Waals surface area contributed by atoms with Crippen LogP contribution in [0.4, 0.5) is 11.4 Å². The second kappa shape index (κ2) is 6.24. The molecule has 0 aliphatic carbocycles. The largest absolute Gasteiger partial charge is 0.504 e. The van der Waals surface area contributed by atoms with Crippen LogP contribution in [0.3, 0.4) is 0 Å². The van der Waals surface area contributed by atoms with Gasteiger partial charge in [-0.3, -0.25) is 4.79 Å². The second-order valence-electron chi connectivity index (χ2n) is 6.08. The normalized spacial score (nSPS) is 19.7. The van der Waals surface area contributed by atoms with E-state index < -0.39 is 0 Å². The fourth-order valence-electron chi connectivity index (χ4n) is 3.24. The van der Waals surface area contributed by atoms with Gasteiger partial charge in [-0.25, -0.2) is 0 Å². The van der Waals surface area contributed by atoms with Gasteiger partial charge in [0.25, 0.3) is 0 Å². The summed E-state index contributed by atoms with van der Waals surface area (Å²) in [5.74, 6) is -0.534. The third kappa shape index (κ3) is 2.99. The minimum atomic E-state index is -0.237. The molecule has 0 aromatic heterocycles. The number of nitrogens with zero attached hydrogens (tertiary/aromatic N) is 1. The molecule has 1 amide bonds. The molecule has 3 N–H and O–H groups in total. The molecular weight excluding hydrogens is 328 g/mol. The molecule has 1 heterocycles. The molecule has 1 aliphatic rings. The summed E-state index contributed by atoms with van der Waals surface area (Å²) in [5, 5.41) is 23.8. The lowest BCUT2D eigenvalue weighted by Crippen LogP contribution is -2.43. The Labute approximate surface area is 145 Å². The van der Waals surface area contributed by atoms with Gasteiger partial charge in [0.15, 0.2) is 11.5 Å². The molecule has 2 atom stereocenters. The molecule has 0 saturated heterocycles. The van der Waals surface area contributed by atoms with Crippen LogP contribution in [-0.2, 0) is 4.79 Å². The minimum absolute atomic E-state index is 0.0382. The summed E-state index contributed by atoms with van der Waals surface area (Å²) in [6.45, 7) is 3.46. The molecule has 0 fully saturated rings. The fourth-order valence-corrected chi connectivity index (χ4v) is 3.37. The number of halogens is 1. The van der Waals surface area contributed by atoms with Gasteiger partial charge >= 0.3 is 0 Å². The van der Waals surface area contributed by atoms with Crippen LogP contribution in [0.15, 0.2) is 36.4 Å². The van der Waals surface area contributed by atoms with Crippen LogP contribution in [0.5, 0.6) is 11.5 Å². The van der Waals surface area contributed by atoms with Crippen molar-refractivity contribution in [2.24, 2.45) is 0 Å². The highest BCUT2D eigenvalue weighted by molar-refractivity contribution is 6.30. The van der Waals surface area contributed by atoms with Gasteiger partial charge in [-0.1, -0.05) is 11.6 Å². The highest BCUT2D eigenvalue weighted by Gasteiger charge is 2.33. The van der Waals surface area contributed by atoms with E-state index in [1.165, 1.54) is 19.1 Å². The van der Waals surface area contributed by atoms with Gasteiger partial charge in [-0.15, -0.1) is 0 Å². The summed E-state index contributed by atoms with van der Waals surface area (Å²) in [4.78, 5) is 13.7. The van der Waals surface area contributed by atoms with E-state index >= 15 is 0 Å². The zero-order valence-electron chi connectivity index (χ0n) is 13.5. The van der Waals surface area contributed by atoms with Gasteiger partial charge in [-0.05, 0) is 43.7 Å². The molecule has 5 nitrogen and oxygen atoms in total. The minimum Gasteiger partial charge on any atom is -0.504 e. The van der Waals surface area contributed by atoms with Crippen molar-refractivity contribution >= 4 is 28.9 Å². The first-order chi connectivity index (χ1) is 11.4. The van der Waals surface area contributed by atoms with Crippen molar-refractivity contribution in [1.82, 2.24) is 0 Å². The Morgan fingerprint density at radius 1 is 1.21 bits per heavy atom. The summed E-state index contributed by atoms with van der Waals surface area (Å²) in [5.41, 5.74) is 2.28. The van der Waals surface area contributed by atoms with Crippen molar-refractivity contribution in [2.75, 3.05) is 10.2 Å². The molecule has 0 bridgehead atoms. The maximum atomic E-state index is 12.0. The van der Waals surface area contributed by atoms with Gasteiger partial charge in [0.2, 0.25) is 5.91 Å². The van der Waals surface area contributed by atoms with Crippen LogP contribution in [0.1, 0.15) is 31.9 Å². The maximum absolute atomic E-state index is 12.0. The van der Waals surface area contributed by atoms with Crippen LogP contribution in [0, 0.1) is 0 Å². The summed E-state index contributed by atoms with van der Waals surface area (Å²) in [6.07, 6.45) is 0.680. The van der Waals surface area contributed by atoms with E-state index in [4.69, 9.17) is 11.6 Å².